The Balaban J connectivity index is 3.27. The summed E-state index contributed by atoms with van der Waals surface area (Å²) in [4.78, 5) is 3.55. The molecule has 0 aliphatic rings. The number of alkyl halides is 2. The quantitative estimate of drug-likeness (QED) is 0.743. The van der Waals surface area contributed by atoms with E-state index in [1.54, 1.807) is 0 Å². The maximum Gasteiger partial charge on any atom is 0.282 e. The third-order valence-electron chi connectivity index (χ3n) is 1.25. The average Bonchev–Trinajstić information content (AvgIpc) is 2.00. The molecule has 12 heavy (non-hydrogen) atoms. The van der Waals surface area contributed by atoms with Crippen LogP contribution in [0.2, 0.25) is 0 Å². The summed E-state index contributed by atoms with van der Waals surface area (Å²) in [6.45, 7) is 0. The summed E-state index contributed by atoms with van der Waals surface area (Å²) in [6.07, 6.45) is -1.21. The third kappa shape index (κ3) is 1.95. The molecule has 0 radical (unpaired) electrons. The molecule has 0 saturated carbocycles. The number of rotatable bonds is 1. The van der Waals surface area contributed by atoms with Crippen molar-refractivity contribution in [3.05, 3.63) is 19.0 Å². The van der Waals surface area contributed by atoms with Crippen LogP contribution in [0.5, 0.6) is 0 Å². The van der Waals surface area contributed by atoms with Gasteiger partial charge in [0.05, 0.1) is 9.26 Å². The molecule has 2 nitrogen and oxygen atoms in total. The van der Waals surface area contributed by atoms with Crippen molar-refractivity contribution in [1.29, 1.82) is 0 Å². The van der Waals surface area contributed by atoms with Crippen LogP contribution in [0.1, 0.15) is 12.1 Å². The molecule has 0 saturated heterocycles. The van der Waals surface area contributed by atoms with Crippen molar-refractivity contribution in [2.75, 3.05) is 5.73 Å². The number of nitrogens with zero attached hydrogens (tertiary/aromatic N) is 1. The SMILES string of the molecule is Nc1c(C(F)F)ncc(I)c1I. The molecular weight excluding hydrogens is 392 g/mol. The molecule has 0 bridgehead atoms. The molecule has 66 valence electrons. The van der Waals surface area contributed by atoms with Crippen molar-refractivity contribution in [2.45, 2.75) is 6.43 Å². The summed E-state index contributed by atoms with van der Waals surface area (Å²) in [5, 5.41) is 0. The van der Waals surface area contributed by atoms with E-state index in [-0.39, 0.29) is 11.4 Å². The molecule has 0 fully saturated rings. The Bertz CT molecular complexity index is 304. The number of pyridine rings is 1. The van der Waals surface area contributed by atoms with Gasteiger partial charge in [-0.05, 0) is 45.2 Å². The van der Waals surface area contributed by atoms with Crippen LogP contribution < -0.4 is 5.73 Å². The van der Waals surface area contributed by atoms with E-state index >= 15 is 0 Å². The minimum Gasteiger partial charge on any atom is -0.396 e. The molecule has 1 rings (SSSR count). The van der Waals surface area contributed by atoms with Crippen LogP contribution in [0.3, 0.4) is 0 Å². The van der Waals surface area contributed by atoms with Crippen molar-refractivity contribution in [2.24, 2.45) is 0 Å². The van der Waals surface area contributed by atoms with Crippen molar-refractivity contribution < 1.29 is 8.78 Å². The minimum atomic E-state index is -2.60. The van der Waals surface area contributed by atoms with Gasteiger partial charge in [0, 0.05) is 9.77 Å². The van der Waals surface area contributed by atoms with Gasteiger partial charge in [0.25, 0.3) is 6.43 Å². The second kappa shape index (κ2) is 3.99. The van der Waals surface area contributed by atoms with E-state index in [1.807, 2.05) is 45.2 Å². The zero-order valence-corrected chi connectivity index (χ0v) is 10.0. The second-order valence-electron chi connectivity index (χ2n) is 2.02. The van der Waals surface area contributed by atoms with Crippen LogP contribution in [0.25, 0.3) is 0 Å². The van der Waals surface area contributed by atoms with Crippen LogP contribution in [-0.4, -0.2) is 4.98 Å². The highest BCUT2D eigenvalue weighted by Crippen LogP contribution is 2.28. The molecule has 0 aliphatic carbocycles. The smallest absolute Gasteiger partial charge is 0.282 e. The Morgan fingerprint density at radius 3 is 2.50 bits per heavy atom. The number of anilines is 1. The van der Waals surface area contributed by atoms with Crippen molar-refractivity contribution >= 4 is 50.9 Å². The fourth-order valence-electron chi connectivity index (χ4n) is 0.667. The number of halogens is 4. The zero-order valence-electron chi connectivity index (χ0n) is 5.69. The van der Waals surface area contributed by atoms with Gasteiger partial charge in [0.1, 0.15) is 5.69 Å². The highest BCUT2D eigenvalue weighted by atomic mass is 127. The normalized spacial score (nSPS) is 10.8. The minimum absolute atomic E-state index is 0.0810. The van der Waals surface area contributed by atoms with Crippen LogP contribution in [0, 0.1) is 7.14 Å². The lowest BCUT2D eigenvalue weighted by Crippen LogP contribution is -2.02. The molecule has 0 amide bonds. The number of nitrogens with two attached hydrogens (primary N) is 1. The van der Waals surface area contributed by atoms with Crippen LogP contribution in [0.4, 0.5) is 14.5 Å². The first kappa shape index (κ1) is 10.4. The van der Waals surface area contributed by atoms with Gasteiger partial charge in [-0.15, -0.1) is 0 Å². The summed E-state index contributed by atoms with van der Waals surface area (Å²) in [7, 11) is 0. The lowest BCUT2D eigenvalue weighted by Gasteiger charge is -2.06. The molecular formula is C6H4F2I2N2. The van der Waals surface area contributed by atoms with Gasteiger partial charge in [0.2, 0.25) is 0 Å². The Labute approximate surface area is 95.2 Å². The molecule has 0 aromatic carbocycles. The molecule has 2 N–H and O–H groups in total. The molecule has 0 spiro atoms. The zero-order chi connectivity index (χ0) is 9.30. The molecule has 1 aromatic heterocycles. The van der Waals surface area contributed by atoms with E-state index in [9.17, 15) is 8.78 Å². The van der Waals surface area contributed by atoms with Crippen molar-refractivity contribution in [1.82, 2.24) is 4.98 Å². The van der Waals surface area contributed by atoms with E-state index in [4.69, 9.17) is 5.73 Å². The first-order chi connectivity index (χ1) is 5.54. The standard InChI is InChI=1S/C6H4F2I2N2/c7-6(8)5-4(11)3(10)2(9)1-12-5/h1,6H,11H2. The van der Waals surface area contributed by atoms with E-state index in [1.165, 1.54) is 6.20 Å². The number of nitrogen functional groups attached to an aromatic ring is 1. The summed E-state index contributed by atoms with van der Waals surface area (Å²) >= 11 is 3.92. The maximum atomic E-state index is 12.2. The first-order valence-electron chi connectivity index (χ1n) is 2.91. The fraction of sp³-hybridized carbons (Fsp3) is 0.167. The largest absolute Gasteiger partial charge is 0.396 e. The lowest BCUT2D eigenvalue weighted by molar-refractivity contribution is 0.147. The number of aromatic nitrogens is 1. The lowest BCUT2D eigenvalue weighted by atomic mass is 10.3. The highest BCUT2D eigenvalue weighted by Gasteiger charge is 2.16. The van der Waals surface area contributed by atoms with Gasteiger partial charge in [0.15, 0.2) is 0 Å². The van der Waals surface area contributed by atoms with Crippen LogP contribution in [-0.2, 0) is 0 Å². The van der Waals surface area contributed by atoms with Crippen LogP contribution in [0.15, 0.2) is 6.20 Å². The Morgan fingerprint density at radius 1 is 1.42 bits per heavy atom. The van der Waals surface area contributed by atoms with Crippen LogP contribution >= 0.6 is 45.2 Å². The van der Waals surface area contributed by atoms with E-state index in [0.29, 0.717) is 3.57 Å². The summed E-state index contributed by atoms with van der Waals surface area (Å²) in [5.41, 5.74) is 5.18. The summed E-state index contributed by atoms with van der Waals surface area (Å²) < 4.78 is 25.8. The molecule has 6 heteroatoms. The number of hydrogen-bond donors (Lipinski definition) is 1. The summed E-state index contributed by atoms with van der Waals surface area (Å²) in [6, 6.07) is 0. The predicted octanol–water partition coefficient (Wildman–Crippen LogP) is 2.81. The van der Waals surface area contributed by atoms with E-state index in [2.05, 4.69) is 4.98 Å². The molecule has 0 aliphatic heterocycles. The summed E-state index contributed by atoms with van der Waals surface area (Å²) in [5.74, 6) is 0. The second-order valence-corrected chi connectivity index (χ2v) is 4.26. The number of hydrogen-bond acceptors (Lipinski definition) is 2. The van der Waals surface area contributed by atoms with Gasteiger partial charge in [-0.2, -0.15) is 0 Å². The molecule has 1 heterocycles. The Hall–Kier alpha value is 0.270. The monoisotopic (exact) mass is 396 g/mol. The topological polar surface area (TPSA) is 38.9 Å². The van der Waals surface area contributed by atoms with Gasteiger partial charge < -0.3 is 5.73 Å². The first-order valence-corrected chi connectivity index (χ1v) is 5.07. The van der Waals surface area contributed by atoms with Gasteiger partial charge in [-0.3, -0.25) is 4.98 Å². The highest BCUT2D eigenvalue weighted by molar-refractivity contribution is 14.1. The van der Waals surface area contributed by atoms with Crippen molar-refractivity contribution in [3.8, 4) is 0 Å². The predicted molar refractivity (Wildman–Crippen MR) is 59.0 cm³/mol. The fourth-order valence-corrected chi connectivity index (χ4v) is 1.51. The molecule has 0 atom stereocenters. The Morgan fingerprint density at radius 2 is 2.00 bits per heavy atom. The van der Waals surface area contributed by atoms with E-state index in [0.717, 1.165) is 3.57 Å². The third-order valence-corrected chi connectivity index (χ3v) is 4.26. The van der Waals surface area contributed by atoms with Crippen molar-refractivity contribution in [3.63, 3.8) is 0 Å². The maximum absolute atomic E-state index is 12.2. The molecule has 0 unspecified atom stereocenters. The van der Waals surface area contributed by atoms with E-state index < -0.39 is 6.43 Å². The van der Waals surface area contributed by atoms with Gasteiger partial charge in [-0.1, -0.05) is 0 Å². The van der Waals surface area contributed by atoms with Gasteiger partial charge >= 0.3 is 0 Å². The Kier molecular flexibility index (Phi) is 3.44. The van der Waals surface area contributed by atoms with Gasteiger partial charge in [-0.25, -0.2) is 8.78 Å². The molecule has 1 aromatic rings. The average molecular weight is 396 g/mol.